The van der Waals surface area contributed by atoms with Gasteiger partial charge in [-0.15, -0.1) is 0 Å². The molecule has 1 unspecified atom stereocenters. The lowest BCUT2D eigenvalue weighted by Gasteiger charge is -2.52. The van der Waals surface area contributed by atoms with E-state index in [1.165, 1.54) is 47.1 Å². The Kier molecular flexibility index (Phi) is 5.25. The highest BCUT2D eigenvalue weighted by Crippen LogP contribution is 2.63. The van der Waals surface area contributed by atoms with Crippen molar-refractivity contribution in [1.29, 1.82) is 0 Å². The van der Waals surface area contributed by atoms with Crippen molar-refractivity contribution in [3.05, 3.63) is 59.2 Å². The number of hydrogen-bond donors (Lipinski definition) is 1. The number of aryl methyl sites for hydroxylation is 2. The summed E-state index contributed by atoms with van der Waals surface area (Å²) in [5, 5.41) is 10.5. The highest BCUT2D eigenvalue weighted by Gasteiger charge is 2.57. The Hall–Kier alpha value is -2.33. The van der Waals surface area contributed by atoms with E-state index >= 15 is 0 Å². The standard InChI is InChI=1S/C29H36N2O2/c1-2-3-20-4-6-21(7-5-20)23-8-9-25-24(18-23)10-13-29(14-15-29)27(25)31(28(32)33)26-19-30-16-11-22(26)12-17-30/h4-9,18,22,26-27H,2-3,10-17,19H2,1H3,(H,32,33)/t26-,27?/m1/s1. The van der Waals surface area contributed by atoms with Crippen molar-refractivity contribution < 1.29 is 9.90 Å². The van der Waals surface area contributed by atoms with E-state index in [0.717, 1.165) is 51.7 Å². The van der Waals surface area contributed by atoms with Crippen LogP contribution < -0.4 is 0 Å². The summed E-state index contributed by atoms with van der Waals surface area (Å²) in [7, 11) is 0. The van der Waals surface area contributed by atoms with E-state index < -0.39 is 6.09 Å². The molecule has 1 spiro atoms. The third-order valence-corrected chi connectivity index (χ3v) is 9.11. The Balaban J connectivity index is 1.35. The summed E-state index contributed by atoms with van der Waals surface area (Å²) in [6.07, 6.45) is 8.40. The molecule has 0 radical (unpaired) electrons. The maximum absolute atomic E-state index is 12.8. The fourth-order valence-corrected chi connectivity index (χ4v) is 7.09. The highest BCUT2D eigenvalue weighted by molar-refractivity contribution is 5.69. The number of amides is 1. The third-order valence-electron chi connectivity index (χ3n) is 9.11. The van der Waals surface area contributed by atoms with Crippen molar-refractivity contribution in [3.8, 4) is 11.1 Å². The van der Waals surface area contributed by atoms with Gasteiger partial charge in [0, 0.05) is 6.54 Å². The van der Waals surface area contributed by atoms with Gasteiger partial charge >= 0.3 is 6.09 Å². The van der Waals surface area contributed by atoms with E-state index in [2.05, 4.69) is 54.3 Å². The van der Waals surface area contributed by atoms with Crippen molar-refractivity contribution in [2.75, 3.05) is 19.6 Å². The Morgan fingerprint density at radius 1 is 1.06 bits per heavy atom. The van der Waals surface area contributed by atoms with Crippen LogP contribution in [0.15, 0.2) is 42.5 Å². The van der Waals surface area contributed by atoms with E-state index in [0.29, 0.717) is 5.92 Å². The minimum absolute atomic E-state index is 0.0188. The molecular formula is C29H36N2O2. The van der Waals surface area contributed by atoms with Crippen LogP contribution in [0.4, 0.5) is 4.79 Å². The van der Waals surface area contributed by atoms with Crippen LogP contribution in [-0.4, -0.2) is 46.7 Å². The molecule has 5 aliphatic rings. The van der Waals surface area contributed by atoms with E-state index in [9.17, 15) is 9.90 Å². The maximum atomic E-state index is 12.8. The minimum Gasteiger partial charge on any atom is -0.465 e. The van der Waals surface area contributed by atoms with E-state index in [4.69, 9.17) is 0 Å². The zero-order valence-electron chi connectivity index (χ0n) is 19.8. The van der Waals surface area contributed by atoms with Crippen molar-refractivity contribution in [2.24, 2.45) is 11.3 Å². The number of fused-ring (bicyclic) bond motifs is 4. The first-order valence-electron chi connectivity index (χ1n) is 13.0. The fraction of sp³-hybridized carbons (Fsp3) is 0.552. The molecule has 174 valence electrons. The van der Waals surface area contributed by atoms with Crippen molar-refractivity contribution >= 4 is 6.09 Å². The number of rotatable bonds is 5. The summed E-state index contributed by atoms with van der Waals surface area (Å²) >= 11 is 0. The second-order valence-corrected chi connectivity index (χ2v) is 11.0. The van der Waals surface area contributed by atoms with Crippen molar-refractivity contribution in [2.45, 2.75) is 70.4 Å². The maximum Gasteiger partial charge on any atom is 0.408 e. The van der Waals surface area contributed by atoms with E-state index in [1.807, 2.05) is 4.90 Å². The topological polar surface area (TPSA) is 43.8 Å². The Labute approximate surface area is 197 Å². The van der Waals surface area contributed by atoms with E-state index in [-0.39, 0.29) is 17.5 Å². The van der Waals surface area contributed by atoms with E-state index in [1.54, 1.807) is 0 Å². The Morgan fingerprint density at radius 3 is 2.39 bits per heavy atom. The van der Waals surface area contributed by atoms with Gasteiger partial charge in [-0.25, -0.2) is 4.79 Å². The Morgan fingerprint density at radius 2 is 1.79 bits per heavy atom. The number of nitrogens with zero attached hydrogens (tertiary/aromatic N) is 2. The summed E-state index contributed by atoms with van der Waals surface area (Å²) in [5.41, 5.74) is 6.72. The SMILES string of the molecule is CCCc1ccc(-c2ccc3c(c2)CCC2(CC2)C3N(C(=O)O)[C@@H]2CN3CCC2CC3)cc1. The molecule has 3 saturated heterocycles. The molecule has 1 amide bonds. The molecule has 4 heteroatoms. The quantitative estimate of drug-likeness (QED) is 0.602. The zero-order valence-corrected chi connectivity index (χ0v) is 19.8. The summed E-state index contributed by atoms with van der Waals surface area (Å²) < 4.78 is 0. The van der Waals surface area contributed by atoms with Crippen LogP contribution >= 0.6 is 0 Å². The molecular weight excluding hydrogens is 408 g/mol. The summed E-state index contributed by atoms with van der Waals surface area (Å²) in [6.45, 7) is 5.42. The zero-order chi connectivity index (χ0) is 22.6. The van der Waals surface area contributed by atoms with Crippen LogP contribution in [-0.2, 0) is 12.8 Å². The number of piperidine rings is 3. The number of hydrogen-bond acceptors (Lipinski definition) is 2. The molecule has 1 saturated carbocycles. The number of benzene rings is 2. The number of carboxylic acid groups (broad SMARTS) is 1. The second kappa shape index (κ2) is 8.16. The molecule has 0 aromatic heterocycles. The summed E-state index contributed by atoms with van der Waals surface area (Å²) in [6, 6.07) is 16.0. The molecule has 7 rings (SSSR count). The summed E-state index contributed by atoms with van der Waals surface area (Å²) in [5.74, 6) is 0.521. The van der Waals surface area contributed by atoms with Gasteiger partial charge in [-0.2, -0.15) is 0 Å². The molecule has 2 aromatic rings. The van der Waals surface area contributed by atoms with Crippen LogP contribution in [0, 0.1) is 11.3 Å². The molecule has 4 fully saturated rings. The van der Waals surface area contributed by atoms with Gasteiger partial charge in [0.2, 0.25) is 0 Å². The van der Waals surface area contributed by atoms with Gasteiger partial charge in [0.25, 0.3) is 0 Å². The van der Waals surface area contributed by atoms with Gasteiger partial charge in [-0.1, -0.05) is 55.8 Å². The molecule has 2 aromatic carbocycles. The van der Waals surface area contributed by atoms with Gasteiger partial charge in [0.1, 0.15) is 0 Å². The van der Waals surface area contributed by atoms with Gasteiger partial charge in [-0.05, 0) is 97.2 Å². The smallest absolute Gasteiger partial charge is 0.408 e. The largest absolute Gasteiger partial charge is 0.465 e. The predicted octanol–water partition coefficient (Wildman–Crippen LogP) is 6.15. The lowest BCUT2D eigenvalue weighted by molar-refractivity contribution is -0.0243. The molecule has 3 heterocycles. The average molecular weight is 445 g/mol. The fourth-order valence-electron chi connectivity index (χ4n) is 7.09. The third kappa shape index (κ3) is 3.67. The minimum atomic E-state index is -0.714. The van der Waals surface area contributed by atoms with Crippen LogP contribution in [0.5, 0.6) is 0 Å². The molecule has 2 aliphatic carbocycles. The van der Waals surface area contributed by atoms with Crippen molar-refractivity contribution in [3.63, 3.8) is 0 Å². The second-order valence-electron chi connectivity index (χ2n) is 11.0. The van der Waals surface area contributed by atoms with Crippen molar-refractivity contribution in [1.82, 2.24) is 9.80 Å². The molecule has 3 aliphatic heterocycles. The highest BCUT2D eigenvalue weighted by atomic mass is 16.4. The lowest BCUT2D eigenvalue weighted by Crippen LogP contribution is -2.60. The molecule has 2 bridgehead atoms. The first-order chi connectivity index (χ1) is 16.1. The molecule has 33 heavy (non-hydrogen) atoms. The van der Waals surface area contributed by atoms with Crippen LogP contribution in [0.2, 0.25) is 0 Å². The Bertz CT molecular complexity index is 1030. The predicted molar refractivity (Wildman–Crippen MR) is 131 cm³/mol. The van der Waals surface area contributed by atoms with Gasteiger partial charge in [0.15, 0.2) is 0 Å². The molecule has 2 atom stereocenters. The normalized spacial score (nSPS) is 29.0. The monoisotopic (exact) mass is 444 g/mol. The first-order valence-corrected chi connectivity index (χ1v) is 13.0. The van der Waals surface area contributed by atoms with Gasteiger partial charge in [-0.3, -0.25) is 4.90 Å². The summed E-state index contributed by atoms with van der Waals surface area (Å²) in [4.78, 5) is 17.2. The van der Waals surface area contributed by atoms with Gasteiger partial charge in [0.05, 0.1) is 12.1 Å². The molecule has 4 nitrogen and oxygen atoms in total. The molecule has 1 N–H and O–H groups in total. The van der Waals surface area contributed by atoms with Gasteiger partial charge < -0.3 is 10.0 Å². The average Bonchev–Trinajstić information content (AvgIpc) is 3.62. The van der Waals surface area contributed by atoms with Crippen LogP contribution in [0.1, 0.15) is 68.2 Å². The lowest BCUT2D eigenvalue weighted by atomic mass is 9.73. The number of carbonyl (C=O) groups is 1. The van der Waals surface area contributed by atoms with Crippen LogP contribution in [0.25, 0.3) is 11.1 Å². The van der Waals surface area contributed by atoms with Crippen LogP contribution in [0.3, 0.4) is 0 Å². The first kappa shape index (κ1) is 21.2.